The summed E-state index contributed by atoms with van der Waals surface area (Å²) in [4.78, 5) is 18.4. The van der Waals surface area contributed by atoms with Crippen LogP contribution in [0.4, 0.5) is 4.39 Å². The molecule has 0 radical (unpaired) electrons. The molecular weight excluding hydrogens is 321 g/mol. The maximum Gasteiger partial charge on any atom is 0.251 e. The fourth-order valence-electron chi connectivity index (χ4n) is 3.07. The van der Waals surface area contributed by atoms with Gasteiger partial charge in [-0.3, -0.25) is 14.7 Å². The molecule has 1 aliphatic rings. The van der Waals surface area contributed by atoms with Gasteiger partial charge in [0, 0.05) is 43.6 Å². The monoisotopic (exact) mass is 343 g/mol. The molecule has 25 heavy (non-hydrogen) atoms. The summed E-state index contributed by atoms with van der Waals surface area (Å²) >= 11 is 0. The van der Waals surface area contributed by atoms with Crippen LogP contribution < -0.4 is 10.1 Å². The number of hydrogen-bond donors (Lipinski definition) is 1. The van der Waals surface area contributed by atoms with Crippen LogP contribution in [-0.4, -0.2) is 42.0 Å². The Morgan fingerprint density at radius 2 is 2.00 bits per heavy atom. The number of amides is 1. The molecular formula is C19H22FN3O2. The van der Waals surface area contributed by atoms with Gasteiger partial charge in [-0.25, -0.2) is 4.39 Å². The van der Waals surface area contributed by atoms with Crippen LogP contribution in [0.5, 0.6) is 5.75 Å². The van der Waals surface area contributed by atoms with E-state index in [0.29, 0.717) is 12.1 Å². The average molecular weight is 343 g/mol. The third kappa shape index (κ3) is 4.54. The number of methoxy groups -OCH3 is 1. The van der Waals surface area contributed by atoms with Crippen LogP contribution in [0, 0.1) is 5.82 Å². The Hall–Kier alpha value is -2.47. The number of hydrogen-bond acceptors (Lipinski definition) is 4. The fourth-order valence-corrected chi connectivity index (χ4v) is 3.07. The molecule has 0 aliphatic carbocycles. The van der Waals surface area contributed by atoms with Crippen molar-refractivity contribution < 1.29 is 13.9 Å². The van der Waals surface area contributed by atoms with Crippen molar-refractivity contribution in [2.24, 2.45) is 0 Å². The normalized spacial score (nSPS) is 15.8. The van der Waals surface area contributed by atoms with Gasteiger partial charge in [-0.15, -0.1) is 0 Å². The first-order chi connectivity index (χ1) is 12.2. The predicted octanol–water partition coefficient (Wildman–Crippen LogP) is 2.62. The second kappa shape index (κ2) is 8.07. The van der Waals surface area contributed by atoms with E-state index in [1.165, 1.54) is 13.2 Å². The lowest BCUT2D eigenvalue weighted by molar-refractivity contribution is 0.0908. The highest BCUT2D eigenvalue weighted by molar-refractivity contribution is 5.94. The van der Waals surface area contributed by atoms with E-state index in [-0.39, 0.29) is 23.5 Å². The lowest BCUT2D eigenvalue weighted by Gasteiger charge is -2.32. The highest BCUT2D eigenvalue weighted by Crippen LogP contribution is 2.20. The molecule has 3 rings (SSSR count). The van der Waals surface area contributed by atoms with Crippen LogP contribution in [0.1, 0.15) is 28.8 Å². The summed E-state index contributed by atoms with van der Waals surface area (Å²) in [6, 6.07) is 8.66. The third-order valence-corrected chi connectivity index (χ3v) is 4.49. The van der Waals surface area contributed by atoms with E-state index in [0.717, 1.165) is 31.5 Å². The molecule has 1 saturated heterocycles. The van der Waals surface area contributed by atoms with Gasteiger partial charge in [0.05, 0.1) is 7.11 Å². The minimum absolute atomic E-state index is 0.0573. The lowest BCUT2D eigenvalue weighted by Crippen LogP contribution is -2.44. The van der Waals surface area contributed by atoms with Crippen molar-refractivity contribution in [2.45, 2.75) is 25.4 Å². The first kappa shape index (κ1) is 17.4. The molecule has 1 aromatic heterocycles. The van der Waals surface area contributed by atoms with Crippen molar-refractivity contribution in [3.8, 4) is 5.75 Å². The summed E-state index contributed by atoms with van der Waals surface area (Å²) in [5.41, 5.74) is 1.56. The molecule has 0 saturated carbocycles. The van der Waals surface area contributed by atoms with E-state index in [4.69, 9.17) is 4.74 Å². The van der Waals surface area contributed by atoms with Crippen LogP contribution in [0.25, 0.3) is 0 Å². The first-order valence-corrected chi connectivity index (χ1v) is 8.41. The molecule has 0 bridgehead atoms. The lowest BCUT2D eigenvalue weighted by atomic mass is 10.0. The maximum absolute atomic E-state index is 13.8. The molecule has 1 aromatic carbocycles. The van der Waals surface area contributed by atoms with Gasteiger partial charge in [-0.05, 0) is 42.7 Å². The molecule has 5 nitrogen and oxygen atoms in total. The number of piperidine rings is 1. The number of carbonyl (C=O) groups excluding carboxylic acids is 1. The van der Waals surface area contributed by atoms with Gasteiger partial charge < -0.3 is 10.1 Å². The minimum Gasteiger partial charge on any atom is -0.494 e. The van der Waals surface area contributed by atoms with Gasteiger partial charge in [0.25, 0.3) is 5.91 Å². The molecule has 0 unspecified atom stereocenters. The number of benzene rings is 1. The molecule has 0 atom stereocenters. The Bertz CT molecular complexity index is 716. The number of aromatic nitrogens is 1. The second-order valence-electron chi connectivity index (χ2n) is 6.23. The minimum atomic E-state index is -0.334. The number of pyridine rings is 1. The zero-order chi connectivity index (χ0) is 17.6. The van der Waals surface area contributed by atoms with E-state index >= 15 is 0 Å². The molecule has 2 aromatic rings. The van der Waals surface area contributed by atoms with Crippen molar-refractivity contribution in [3.63, 3.8) is 0 Å². The maximum atomic E-state index is 13.8. The molecule has 2 heterocycles. The van der Waals surface area contributed by atoms with Crippen LogP contribution in [0.2, 0.25) is 0 Å². The van der Waals surface area contributed by atoms with Crippen molar-refractivity contribution in [2.75, 3.05) is 20.2 Å². The number of halogens is 1. The van der Waals surface area contributed by atoms with E-state index in [1.54, 1.807) is 30.6 Å². The van der Waals surface area contributed by atoms with Crippen LogP contribution in [0.3, 0.4) is 0 Å². The quantitative estimate of drug-likeness (QED) is 0.907. The first-order valence-electron chi connectivity index (χ1n) is 8.41. The zero-order valence-corrected chi connectivity index (χ0v) is 14.2. The Morgan fingerprint density at radius 3 is 2.64 bits per heavy atom. The van der Waals surface area contributed by atoms with E-state index < -0.39 is 0 Å². The van der Waals surface area contributed by atoms with Crippen molar-refractivity contribution in [3.05, 3.63) is 59.7 Å². The molecule has 1 aliphatic heterocycles. The number of likely N-dealkylation sites (tertiary alicyclic amines) is 1. The highest BCUT2D eigenvalue weighted by Gasteiger charge is 2.21. The topological polar surface area (TPSA) is 54.5 Å². The Labute approximate surface area is 146 Å². The van der Waals surface area contributed by atoms with Crippen LogP contribution in [-0.2, 0) is 6.54 Å². The number of rotatable bonds is 5. The molecule has 1 fully saturated rings. The number of nitrogens with zero attached hydrogens (tertiary/aromatic N) is 2. The van der Waals surface area contributed by atoms with Crippen molar-refractivity contribution in [1.82, 2.24) is 15.2 Å². The summed E-state index contributed by atoms with van der Waals surface area (Å²) in [5.74, 6) is -0.126. The predicted molar refractivity (Wildman–Crippen MR) is 93.0 cm³/mol. The van der Waals surface area contributed by atoms with Gasteiger partial charge in [-0.2, -0.15) is 0 Å². The summed E-state index contributed by atoms with van der Waals surface area (Å²) in [6.07, 6.45) is 5.00. The van der Waals surface area contributed by atoms with Crippen molar-refractivity contribution >= 4 is 5.91 Å². The summed E-state index contributed by atoms with van der Waals surface area (Å²) in [7, 11) is 1.46. The molecule has 6 heteroatoms. The SMILES string of the molecule is COc1ccc(CN2CCC(NC(=O)c3ccncc3)CC2)cc1F. The van der Waals surface area contributed by atoms with Gasteiger partial charge in [0.2, 0.25) is 0 Å². The number of carbonyl (C=O) groups is 1. The molecule has 132 valence electrons. The van der Waals surface area contributed by atoms with E-state index in [1.807, 2.05) is 6.07 Å². The highest BCUT2D eigenvalue weighted by atomic mass is 19.1. The second-order valence-corrected chi connectivity index (χ2v) is 6.23. The Morgan fingerprint density at radius 1 is 1.28 bits per heavy atom. The van der Waals surface area contributed by atoms with Crippen molar-refractivity contribution in [1.29, 1.82) is 0 Å². The molecule has 1 N–H and O–H groups in total. The van der Waals surface area contributed by atoms with E-state index in [2.05, 4.69) is 15.2 Å². The van der Waals surface area contributed by atoms with Crippen LogP contribution in [0.15, 0.2) is 42.7 Å². The number of nitrogens with one attached hydrogen (secondary N) is 1. The van der Waals surface area contributed by atoms with E-state index in [9.17, 15) is 9.18 Å². The summed E-state index contributed by atoms with van der Waals surface area (Å²) in [5, 5.41) is 3.07. The standard InChI is InChI=1S/C19H22FN3O2/c1-25-18-3-2-14(12-17(18)20)13-23-10-6-16(7-11-23)22-19(24)15-4-8-21-9-5-15/h2-5,8-9,12,16H,6-7,10-11,13H2,1H3,(H,22,24). The van der Waals surface area contributed by atoms with Gasteiger partial charge in [0.1, 0.15) is 0 Å². The van der Waals surface area contributed by atoms with Gasteiger partial charge in [0.15, 0.2) is 11.6 Å². The summed E-state index contributed by atoms with van der Waals surface area (Å²) < 4.78 is 18.7. The third-order valence-electron chi connectivity index (χ3n) is 4.49. The molecule has 1 amide bonds. The fraction of sp³-hybridized carbons (Fsp3) is 0.368. The zero-order valence-electron chi connectivity index (χ0n) is 14.2. The van der Waals surface area contributed by atoms with Crippen LogP contribution >= 0.6 is 0 Å². The smallest absolute Gasteiger partial charge is 0.251 e. The van der Waals surface area contributed by atoms with Gasteiger partial charge >= 0.3 is 0 Å². The summed E-state index contributed by atoms with van der Waals surface area (Å²) in [6.45, 7) is 2.44. The largest absolute Gasteiger partial charge is 0.494 e. The average Bonchev–Trinajstić information content (AvgIpc) is 2.64. The molecule has 0 spiro atoms. The Kier molecular flexibility index (Phi) is 5.60. The van der Waals surface area contributed by atoms with Gasteiger partial charge in [-0.1, -0.05) is 6.07 Å². The number of ether oxygens (including phenoxy) is 1. The Balaban J connectivity index is 1.49.